The van der Waals surface area contributed by atoms with Gasteiger partial charge in [0.2, 0.25) is 5.91 Å². The van der Waals surface area contributed by atoms with Gasteiger partial charge in [0.15, 0.2) is 0 Å². The van der Waals surface area contributed by atoms with Crippen LogP contribution in [0.15, 0.2) is 24.3 Å². The van der Waals surface area contributed by atoms with Crippen LogP contribution in [-0.4, -0.2) is 56.4 Å². The molecule has 0 aliphatic rings. The normalized spacial score (nSPS) is 10.3. The highest BCUT2D eigenvalue weighted by Crippen LogP contribution is 2.12. The second-order valence-electron chi connectivity index (χ2n) is 4.48. The van der Waals surface area contributed by atoms with Gasteiger partial charge in [0.05, 0.1) is 20.1 Å². The highest BCUT2D eigenvalue weighted by molar-refractivity contribution is 5.78. The van der Waals surface area contributed by atoms with E-state index >= 15 is 0 Å². The standard InChI is InChI=1S/C15H23NO4/c1-19-11-3-8-16(9-10-17)15(18)12-13-4-6-14(20-2)7-5-13/h4-7,17H,3,8-12H2,1-2H3. The maximum atomic E-state index is 12.2. The number of aliphatic hydroxyl groups excluding tert-OH is 1. The largest absolute Gasteiger partial charge is 0.497 e. The van der Waals surface area contributed by atoms with Gasteiger partial charge in [0.25, 0.3) is 0 Å². The second-order valence-corrected chi connectivity index (χ2v) is 4.48. The van der Waals surface area contributed by atoms with Crippen LogP contribution in [0.1, 0.15) is 12.0 Å². The summed E-state index contributed by atoms with van der Waals surface area (Å²) in [4.78, 5) is 13.9. The summed E-state index contributed by atoms with van der Waals surface area (Å²) in [5, 5.41) is 9.03. The lowest BCUT2D eigenvalue weighted by Gasteiger charge is -2.21. The van der Waals surface area contributed by atoms with E-state index in [9.17, 15) is 4.79 Å². The van der Waals surface area contributed by atoms with E-state index < -0.39 is 0 Å². The first-order valence-electron chi connectivity index (χ1n) is 6.71. The molecule has 112 valence electrons. The van der Waals surface area contributed by atoms with Crippen molar-refractivity contribution in [1.29, 1.82) is 0 Å². The quantitative estimate of drug-likeness (QED) is 0.689. The molecule has 0 bridgehead atoms. The summed E-state index contributed by atoms with van der Waals surface area (Å²) in [5.41, 5.74) is 0.936. The van der Waals surface area contributed by atoms with Crippen molar-refractivity contribution in [2.24, 2.45) is 0 Å². The number of carbonyl (C=O) groups excluding carboxylic acids is 1. The first-order chi connectivity index (χ1) is 9.71. The zero-order valence-corrected chi connectivity index (χ0v) is 12.2. The lowest BCUT2D eigenvalue weighted by Crippen LogP contribution is -2.36. The number of rotatable bonds is 9. The summed E-state index contributed by atoms with van der Waals surface area (Å²) >= 11 is 0. The number of methoxy groups -OCH3 is 2. The highest BCUT2D eigenvalue weighted by Gasteiger charge is 2.13. The van der Waals surface area contributed by atoms with Crippen molar-refractivity contribution in [3.63, 3.8) is 0 Å². The molecule has 0 radical (unpaired) electrons. The van der Waals surface area contributed by atoms with Gasteiger partial charge in [-0.25, -0.2) is 0 Å². The van der Waals surface area contributed by atoms with E-state index in [0.717, 1.165) is 17.7 Å². The molecule has 0 aliphatic carbocycles. The Balaban J connectivity index is 2.54. The summed E-state index contributed by atoms with van der Waals surface area (Å²) < 4.78 is 10.1. The van der Waals surface area contributed by atoms with Gasteiger partial charge < -0.3 is 19.5 Å². The molecule has 0 aromatic heterocycles. The molecule has 1 amide bonds. The maximum Gasteiger partial charge on any atom is 0.227 e. The molecule has 1 aromatic rings. The lowest BCUT2D eigenvalue weighted by atomic mass is 10.1. The number of nitrogens with zero attached hydrogens (tertiary/aromatic N) is 1. The zero-order chi connectivity index (χ0) is 14.8. The number of amides is 1. The molecular weight excluding hydrogens is 258 g/mol. The number of ether oxygens (including phenoxy) is 2. The van der Waals surface area contributed by atoms with Gasteiger partial charge in [-0.3, -0.25) is 4.79 Å². The van der Waals surface area contributed by atoms with Crippen molar-refractivity contribution in [3.8, 4) is 5.75 Å². The summed E-state index contributed by atoms with van der Waals surface area (Å²) in [7, 11) is 3.24. The Hall–Kier alpha value is -1.59. The molecule has 0 spiro atoms. The molecule has 0 atom stereocenters. The Morgan fingerprint density at radius 3 is 2.45 bits per heavy atom. The molecule has 5 nitrogen and oxygen atoms in total. The van der Waals surface area contributed by atoms with Crippen molar-refractivity contribution in [2.75, 3.05) is 40.5 Å². The van der Waals surface area contributed by atoms with Crippen molar-refractivity contribution in [1.82, 2.24) is 4.90 Å². The van der Waals surface area contributed by atoms with Gasteiger partial charge in [-0.2, -0.15) is 0 Å². The summed E-state index contributed by atoms with van der Waals surface area (Å²) in [6, 6.07) is 7.43. The SMILES string of the molecule is COCCCN(CCO)C(=O)Cc1ccc(OC)cc1. The van der Waals surface area contributed by atoms with E-state index in [-0.39, 0.29) is 12.5 Å². The molecule has 0 unspecified atom stereocenters. The van der Waals surface area contributed by atoms with E-state index in [1.165, 1.54) is 0 Å². The first kappa shape index (κ1) is 16.5. The maximum absolute atomic E-state index is 12.2. The molecule has 20 heavy (non-hydrogen) atoms. The Kier molecular flexibility index (Phi) is 7.69. The van der Waals surface area contributed by atoms with Crippen molar-refractivity contribution < 1.29 is 19.4 Å². The van der Waals surface area contributed by atoms with E-state index in [1.807, 2.05) is 24.3 Å². The van der Waals surface area contributed by atoms with Gasteiger partial charge in [0.1, 0.15) is 5.75 Å². The zero-order valence-electron chi connectivity index (χ0n) is 12.2. The lowest BCUT2D eigenvalue weighted by molar-refractivity contribution is -0.131. The average molecular weight is 281 g/mol. The van der Waals surface area contributed by atoms with Crippen LogP contribution in [-0.2, 0) is 16.0 Å². The molecular formula is C15H23NO4. The molecule has 0 saturated carbocycles. The molecule has 0 saturated heterocycles. The fourth-order valence-electron chi connectivity index (χ4n) is 1.91. The summed E-state index contributed by atoms with van der Waals surface area (Å²) in [6.07, 6.45) is 1.10. The molecule has 1 rings (SSSR count). The van der Waals surface area contributed by atoms with Crippen LogP contribution in [0.2, 0.25) is 0 Å². The van der Waals surface area contributed by atoms with E-state index in [4.69, 9.17) is 14.6 Å². The number of hydrogen-bond acceptors (Lipinski definition) is 4. The third-order valence-electron chi connectivity index (χ3n) is 3.01. The molecule has 0 heterocycles. The van der Waals surface area contributed by atoms with E-state index in [0.29, 0.717) is 26.1 Å². The van der Waals surface area contributed by atoms with Gasteiger partial charge in [-0.1, -0.05) is 12.1 Å². The van der Waals surface area contributed by atoms with Crippen LogP contribution in [0, 0.1) is 0 Å². The number of hydrogen-bond donors (Lipinski definition) is 1. The third kappa shape index (κ3) is 5.59. The Labute approximate surface area is 120 Å². The van der Waals surface area contributed by atoms with Gasteiger partial charge >= 0.3 is 0 Å². The van der Waals surface area contributed by atoms with E-state index in [1.54, 1.807) is 19.1 Å². The molecule has 1 N–H and O–H groups in total. The average Bonchev–Trinajstić information content (AvgIpc) is 2.47. The minimum absolute atomic E-state index is 0.0142. The van der Waals surface area contributed by atoms with Crippen LogP contribution >= 0.6 is 0 Å². The van der Waals surface area contributed by atoms with Gasteiger partial charge in [-0.05, 0) is 24.1 Å². The highest BCUT2D eigenvalue weighted by atomic mass is 16.5. The van der Waals surface area contributed by atoms with Crippen molar-refractivity contribution in [2.45, 2.75) is 12.8 Å². The van der Waals surface area contributed by atoms with Crippen LogP contribution < -0.4 is 4.74 Å². The fourth-order valence-corrected chi connectivity index (χ4v) is 1.91. The topological polar surface area (TPSA) is 59.0 Å². The molecule has 5 heteroatoms. The van der Waals surface area contributed by atoms with Gasteiger partial charge in [-0.15, -0.1) is 0 Å². The van der Waals surface area contributed by atoms with Crippen LogP contribution in [0.25, 0.3) is 0 Å². The molecule has 0 aliphatic heterocycles. The smallest absolute Gasteiger partial charge is 0.227 e. The van der Waals surface area contributed by atoms with Gasteiger partial charge in [0, 0.05) is 26.8 Å². The monoisotopic (exact) mass is 281 g/mol. The minimum atomic E-state index is -0.0265. The fraction of sp³-hybridized carbons (Fsp3) is 0.533. The predicted molar refractivity (Wildman–Crippen MR) is 76.9 cm³/mol. The number of carbonyl (C=O) groups is 1. The predicted octanol–water partition coefficient (Wildman–Crippen LogP) is 1.10. The summed E-state index contributed by atoms with van der Waals surface area (Å²) in [6.45, 7) is 1.54. The minimum Gasteiger partial charge on any atom is -0.497 e. The first-order valence-corrected chi connectivity index (χ1v) is 6.71. The van der Waals surface area contributed by atoms with Crippen LogP contribution in [0.3, 0.4) is 0 Å². The molecule has 0 fully saturated rings. The van der Waals surface area contributed by atoms with Crippen molar-refractivity contribution in [3.05, 3.63) is 29.8 Å². The van der Waals surface area contributed by atoms with Crippen molar-refractivity contribution >= 4 is 5.91 Å². The Morgan fingerprint density at radius 2 is 1.90 bits per heavy atom. The third-order valence-corrected chi connectivity index (χ3v) is 3.01. The van der Waals surface area contributed by atoms with Crippen LogP contribution in [0.5, 0.6) is 5.75 Å². The summed E-state index contributed by atoms with van der Waals surface area (Å²) in [5.74, 6) is 0.786. The molecule has 1 aromatic carbocycles. The number of benzene rings is 1. The van der Waals surface area contributed by atoms with E-state index in [2.05, 4.69) is 0 Å². The Bertz CT molecular complexity index is 391. The Morgan fingerprint density at radius 1 is 1.20 bits per heavy atom. The van der Waals surface area contributed by atoms with Crippen LogP contribution in [0.4, 0.5) is 0 Å². The number of aliphatic hydroxyl groups is 1. The second kappa shape index (κ2) is 9.34.